The van der Waals surface area contributed by atoms with Crippen LogP contribution in [-0.4, -0.2) is 40.9 Å². The van der Waals surface area contributed by atoms with Crippen LogP contribution in [0.25, 0.3) is 0 Å². The summed E-state index contributed by atoms with van der Waals surface area (Å²) in [4.78, 5) is 39.8. The predicted molar refractivity (Wildman–Crippen MR) is 102 cm³/mol. The number of nitrogens with zero attached hydrogens (tertiary/aromatic N) is 2. The van der Waals surface area contributed by atoms with Crippen molar-refractivity contribution in [2.24, 2.45) is 5.41 Å². The van der Waals surface area contributed by atoms with Gasteiger partial charge < -0.3 is 10.1 Å². The lowest BCUT2D eigenvalue weighted by Gasteiger charge is -2.41. The van der Waals surface area contributed by atoms with Gasteiger partial charge in [-0.3, -0.25) is 24.6 Å². The first-order valence-electron chi connectivity index (χ1n) is 9.55. The maximum Gasteiger partial charge on any atom is 0.318 e. The first-order chi connectivity index (χ1) is 13.3. The molecular weight excluding hydrogens is 362 g/mol. The van der Waals surface area contributed by atoms with E-state index in [1.54, 1.807) is 19.9 Å². The number of esters is 1. The molecule has 3 atom stereocenters. The maximum atomic E-state index is 13.5. The van der Waals surface area contributed by atoms with Crippen molar-refractivity contribution < 1.29 is 19.2 Å². The minimum absolute atomic E-state index is 0.0737. The number of allylic oxidation sites excluding steroid dienone is 1. The van der Waals surface area contributed by atoms with Crippen LogP contribution in [0.4, 0.5) is 11.4 Å². The van der Waals surface area contributed by atoms with Crippen LogP contribution >= 0.6 is 0 Å². The second-order valence-corrected chi connectivity index (χ2v) is 7.59. The van der Waals surface area contributed by atoms with Crippen molar-refractivity contribution in [2.45, 2.75) is 45.2 Å². The van der Waals surface area contributed by atoms with E-state index < -0.39 is 21.8 Å². The Morgan fingerprint density at radius 1 is 1.50 bits per heavy atom. The highest BCUT2D eigenvalue weighted by Crippen LogP contribution is 2.64. The van der Waals surface area contributed by atoms with Gasteiger partial charge in [0.15, 0.2) is 0 Å². The quantitative estimate of drug-likeness (QED) is 0.371. The van der Waals surface area contributed by atoms with Crippen molar-refractivity contribution in [2.75, 3.05) is 18.5 Å². The number of amides is 1. The molecule has 1 aromatic carbocycles. The lowest BCUT2D eigenvalue weighted by Crippen LogP contribution is -2.58. The zero-order valence-electron chi connectivity index (χ0n) is 16.2. The Morgan fingerprint density at radius 3 is 2.89 bits per heavy atom. The zero-order chi connectivity index (χ0) is 20.3. The number of ether oxygens (including phenoxy) is 1. The summed E-state index contributed by atoms with van der Waals surface area (Å²) >= 11 is 0. The molecule has 2 fully saturated rings. The first kappa shape index (κ1) is 18.6. The average molecular weight is 385 g/mol. The number of hydrogen-bond acceptors (Lipinski definition) is 6. The zero-order valence-corrected chi connectivity index (χ0v) is 16.2. The number of non-ortho nitro benzene ring substituents is 1. The fourth-order valence-electron chi connectivity index (χ4n) is 5.51. The standard InChI is InChI=1S/C20H23N3O5/c1-4-13-16-7-6-10-22(16)20(19(13,3)18(25)28-5-2)14-11-12(23(26)27)8-9-15(14)21-17(20)24/h4,8-9,11,16H,5-7,10H2,1-3H3,(H,21,24)/b13-4-/t16-,19-,20-/m1/s1. The van der Waals surface area contributed by atoms with Crippen molar-refractivity contribution >= 4 is 23.3 Å². The van der Waals surface area contributed by atoms with Crippen LogP contribution < -0.4 is 5.32 Å². The van der Waals surface area contributed by atoms with E-state index in [0.29, 0.717) is 17.8 Å². The summed E-state index contributed by atoms with van der Waals surface area (Å²) < 4.78 is 5.43. The maximum absolute atomic E-state index is 13.5. The molecule has 0 saturated carbocycles. The number of anilines is 1. The van der Waals surface area contributed by atoms with Gasteiger partial charge in [-0.05, 0) is 45.3 Å². The first-order valence-corrected chi connectivity index (χ1v) is 9.55. The minimum Gasteiger partial charge on any atom is -0.465 e. The van der Waals surface area contributed by atoms with E-state index >= 15 is 0 Å². The molecule has 3 heterocycles. The normalized spacial score (nSPS) is 32.5. The summed E-state index contributed by atoms with van der Waals surface area (Å²) in [5.74, 6) is -0.811. The molecule has 0 bridgehead atoms. The average Bonchev–Trinajstić information content (AvgIpc) is 3.29. The van der Waals surface area contributed by atoms with Gasteiger partial charge >= 0.3 is 5.97 Å². The third-order valence-electron chi connectivity index (χ3n) is 6.52. The van der Waals surface area contributed by atoms with Crippen LogP contribution in [0.2, 0.25) is 0 Å². The van der Waals surface area contributed by atoms with Crippen LogP contribution in [-0.2, 0) is 19.9 Å². The monoisotopic (exact) mass is 385 g/mol. The summed E-state index contributed by atoms with van der Waals surface area (Å²) in [6.07, 6.45) is 3.62. The molecule has 1 N–H and O–H groups in total. The van der Waals surface area contributed by atoms with Gasteiger partial charge in [0.25, 0.3) is 11.6 Å². The number of carbonyl (C=O) groups is 2. The van der Waals surface area contributed by atoms with E-state index in [0.717, 1.165) is 18.4 Å². The van der Waals surface area contributed by atoms with E-state index in [1.165, 1.54) is 12.1 Å². The highest BCUT2D eigenvalue weighted by molar-refractivity contribution is 6.11. The molecule has 0 aromatic heterocycles. The number of nitrogens with one attached hydrogen (secondary N) is 1. The number of hydrogen-bond donors (Lipinski definition) is 1. The second kappa shape index (κ2) is 6.13. The van der Waals surface area contributed by atoms with Crippen molar-refractivity contribution in [1.82, 2.24) is 4.90 Å². The molecule has 28 heavy (non-hydrogen) atoms. The fraction of sp³-hybridized carbons (Fsp3) is 0.500. The number of nitro groups is 1. The molecule has 1 aromatic rings. The van der Waals surface area contributed by atoms with E-state index in [2.05, 4.69) is 5.32 Å². The highest BCUT2D eigenvalue weighted by Gasteiger charge is 2.74. The van der Waals surface area contributed by atoms with Crippen LogP contribution in [0.5, 0.6) is 0 Å². The molecule has 4 rings (SSSR count). The summed E-state index contributed by atoms with van der Waals surface area (Å²) in [6.45, 7) is 6.16. The Balaban J connectivity index is 2.05. The lowest BCUT2D eigenvalue weighted by atomic mass is 9.65. The van der Waals surface area contributed by atoms with Crippen LogP contribution in [0.15, 0.2) is 29.8 Å². The fourth-order valence-corrected chi connectivity index (χ4v) is 5.51. The Morgan fingerprint density at radius 2 is 2.25 bits per heavy atom. The van der Waals surface area contributed by atoms with Crippen molar-refractivity contribution in [3.05, 3.63) is 45.5 Å². The topological polar surface area (TPSA) is 102 Å². The highest BCUT2D eigenvalue weighted by atomic mass is 16.6. The molecule has 1 amide bonds. The Kier molecular flexibility index (Phi) is 4.08. The molecular formula is C20H23N3O5. The van der Waals surface area contributed by atoms with Crippen LogP contribution in [0, 0.1) is 15.5 Å². The molecule has 2 saturated heterocycles. The minimum atomic E-state index is -1.36. The molecule has 0 radical (unpaired) electrons. The van der Waals surface area contributed by atoms with Crippen LogP contribution in [0.1, 0.15) is 39.2 Å². The largest absolute Gasteiger partial charge is 0.465 e. The van der Waals surface area contributed by atoms with E-state index in [-0.39, 0.29) is 24.2 Å². The molecule has 8 nitrogen and oxygen atoms in total. The van der Waals surface area contributed by atoms with Gasteiger partial charge in [0.05, 0.1) is 11.5 Å². The Labute approximate surface area is 162 Å². The SMILES string of the molecule is C/C=C1/[C@H]2CCCN2[C@]2(C(=O)Nc3ccc([N+](=O)[O-])cc32)[C@@]1(C)C(=O)OCC. The van der Waals surface area contributed by atoms with E-state index in [1.807, 2.05) is 17.9 Å². The molecule has 1 spiro atoms. The number of fused-ring (bicyclic) bond motifs is 4. The van der Waals surface area contributed by atoms with Gasteiger partial charge in [0.2, 0.25) is 0 Å². The predicted octanol–water partition coefficient (Wildman–Crippen LogP) is 2.74. The third-order valence-corrected chi connectivity index (χ3v) is 6.52. The molecule has 8 heteroatoms. The smallest absolute Gasteiger partial charge is 0.318 e. The summed E-state index contributed by atoms with van der Waals surface area (Å²) in [5.41, 5.74) is -0.902. The number of carbonyl (C=O) groups excluding carboxylic acids is 2. The lowest BCUT2D eigenvalue weighted by molar-refractivity contribution is -0.385. The van der Waals surface area contributed by atoms with Crippen LogP contribution in [0.3, 0.4) is 0 Å². The molecule has 3 aliphatic heterocycles. The van der Waals surface area contributed by atoms with Gasteiger partial charge in [0, 0.05) is 36.0 Å². The van der Waals surface area contributed by atoms with Crippen molar-refractivity contribution in [3.63, 3.8) is 0 Å². The number of benzene rings is 1. The molecule has 3 aliphatic rings. The van der Waals surface area contributed by atoms with Gasteiger partial charge in [0.1, 0.15) is 11.0 Å². The third kappa shape index (κ3) is 1.98. The Bertz CT molecular complexity index is 926. The number of rotatable bonds is 3. The molecule has 0 aliphatic carbocycles. The summed E-state index contributed by atoms with van der Waals surface area (Å²) in [5, 5.41) is 14.3. The second-order valence-electron chi connectivity index (χ2n) is 7.59. The summed E-state index contributed by atoms with van der Waals surface area (Å²) in [7, 11) is 0. The van der Waals surface area contributed by atoms with Crippen molar-refractivity contribution in [3.8, 4) is 0 Å². The number of nitro benzene ring substituents is 1. The van der Waals surface area contributed by atoms with Crippen molar-refractivity contribution in [1.29, 1.82) is 0 Å². The summed E-state index contributed by atoms with van der Waals surface area (Å²) in [6, 6.07) is 4.27. The van der Waals surface area contributed by atoms with Gasteiger partial charge in [-0.15, -0.1) is 0 Å². The van der Waals surface area contributed by atoms with E-state index in [9.17, 15) is 19.7 Å². The van der Waals surface area contributed by atoms with Gasteiger partial charge in [-0.2, -0.15) is 0 Å². The van der Waals surface area contributed by atoms with Gasteiger partial charge in [-0.25, -0.2) is 0 Å². The van der Waals surface area contributed by atoms with E-state index in [4.69, 9.17) is 4.74 Å². The van der Waals surface area contributed by atoms with Gasteiger partial charge in [-0.1, -0.05) is 6.08 Å². The Hall–Kier alpha value is -2.74. The molecule has 0 unspecified atom stereocenters. The molecule has 148 valence electrons.